The number of nitrogens with one attached hydrogen (secondary N) is 2. The second kappa shape index (κ2) is 8.53. The molecule has 0 saturated heterocycles. The SMILES string of the molecule is Cc1ccc(S(=O)(=O)O)cc1.Clc1cccc(Cl)c1NC1=NCCN1. The van der Waals surface area contributed by atoms with Crippen LogP contribution >= 0.6 is 23.2 Å². The van der Waals surface area contributed by atoms with Gasteiger partial charge < -0.3 is 10.6 Å². The fourth-order valence-electron chi connectivity index (χ4n) is 1.93. The minimum Gasteiger partial charge on any atom is -0.354 e. The van der Waals surface area contributed by atoms with Gasteiger partial charge in [0.15, 0.2) is 5.96 Å². The Morgan fingerprint density at radius 3 is 2.20 bits per heavy atom. The molecule has 0 saturated carbocycles. The Labute approximate surface area is 156 Å². The lowest BCUT2D eigenvalue weighted by Gasteiger charge is -2.09. The van der Waals surface area contributed by atoms with Crippen LogP contribution in [-0.4, -0.2) is 32.0 Å². The van der Waals surface area contributed by atoms with Crippen LogP contribution < -0.4 is 10.6 Å². The first-order valence-corrected chi connectivity index (χ1v) is 9.50. The summed E-state index contributed by atoms with van der Waals surface area (Å²) in [4.78, 5) is 4.12. The Morgan fingerprint density at radius 1 is 1.12 bits per heavy atom. The number of nitrogens with zero attached hydrogens (tertiary/aromatic N) is 1. The van der Waals surface area contributed by atoms with Gasteiger partial charge >= 0.3 is 0 Å². The Bertz CT molecular complexity index is 848. The molecule has 0 fully saturated rings. The third-order valence-electron chi connectivity index (χ3n) is 3.20. The lowest BCUT2D eigenvalue weighted by atomic mass is 10.2. The largest absolute Gasteiger partial charge is 0.354 e. The molecule has 0 atom stereocenters. The molecule has 0 radical (unpaired) electrons. The maximum absolute atomic E-state index is 10.5. The number of hydrogen-bond donors (Lipinski definition) is 3. The van der Waals surface area contributed by atoms with E-state index in [1.165, 1.54) is 12.1 Å². The minimum atomic E-state index is -4.02. The Hall–Kier alpha value is -1.80. The summed E-state index contributed by atoms with van der Waals surface area (Å²) in [7, 11) is -4.02. The van der Waals surface area contributed by atoms with E-state index in [4.69, 9.17) is 27.8 Å². The molecule has 3 rings (SSSR count). The van der Waals surface area contributed by atoms with Crippen LogP contribution in [0.2, 0.25) is 10.0 Å². The maximum atomic E-state index is 10.5. The van der Waals surface area contributed by atoms with E-state index in [2.05, 4.69) is 15.6 Å². The standard InChI is InChI=1S/C9H9Cl2N3.C7H8O3S/c10-6-2-1-3-7(11)8(6)14-9-12-4-5-13-9;1-6-2-4-7(5-3-6)11(8,9)10/h1-3H,4-5H2,(H2,12,13,14);2-5H,1H3,(H,8,9,10). The van der Waals surface area contributed by atoms with Gasteiger partial charge in [-0.2, -0.15) is 8.42 Å². The molecule has 1 heterocycles. The van der Waals surface area contributed by atoms with Gasteiger partial charge in [0.1, 0.15) is 0 Å². The molecule has 0 unspecified atom stereocenters. The molecule has 3 N–H and O–H groups in total. The number of benzene rings is 2. The number of anilines is 1. The molecule has 1 aliphatic heterocycles. The predicted molar refractivity (Wildman–Crippen MR) is 101 cm³/mol. The first kappa shape index (κ1) is 19.5. The molecule has 0 aliphatic carbocycles. The molecule has 0 bridgehead atoms. The Morgan fingerprint density at radius 2 is 1.72 bits per heavy atom. The summed E-state index contributed by atoms with van der Waals surface area (Å²) in [5.41, 5.74) is 1.65. The molecule has 0 spiro atoms. The van der Waals surface area contributed by atoms with Crippen molar-refractivity contribution in [1.29, 1.82) is 0 Å². The van der Waals surface area contributed by atoms with Crippen molar-refractivity contribution in [2.75, 3.05) is 18.4 Å². The number of guanidine groups is 1. The van der Waals surface area contributed by atoms with E-state index < -0.39 is 10.1 Å². The van der Waals surface area contributed by atoms with Gasteiger partial charge in [-0.15, -0.1) is 0 Å². The van der Waals surface area contributed by atoms with Crippen molar-refractivity contribution in [1.82, 2.24) is 5.32 Å². The van der Waals surface area contributed by atoms with Crippen molar-refractivity contribution in [2.45, 2.75) is 11.8 Å². The highest BCUT2D eigenvalue weighted by molar-refractivity contribution is 7.85. The average Bonchev–Trinajstić information content (AvgIpc) is 3.04. The van der Waals surface area contributed by atoms with Crippen LogP contribution in [0.4, 0.5) is 5.69 Å². The molecular formula is C16H17Cl2N3O3S. The maximum Gasteiger partial charge on any atom is 0.294 e. The second-order valence-corrected chi connectivity index (χ2v) is 7.40. The molecular weight excluding hydrogens is 385 g/mol. The van der Waals surface area contributed by atoms with Gasteiger partial charge in [-0.3, -0.25) is 9.55 Å². The second-order valence-electron chi connectivity index (χ2n) is 5.17. The summed E-state index contributed by atoms with van der Waals surface area (Å²) in [5, 5.41) is 7.32. The Balaban J connectivity index is 0.000000186. The number of halogens is 2. The molecule has 134 valence electrons. The summed E-state index contributed by atoms with van der Waals surface area (Å²) < 4.78 is 29.6. The van der Waals surface area contributed by atoms with Crippen LogP contribution in [0, 0.1) is 6.92 Å². The zero-order valence-electron chi connectivity index (χ0n) is 13.3. The monoisotopic (exact) mass is 401 g/mol. The van der Waals surface area contributed by atoms with Gasteiger partial charge in [-0.25, -0.2) is 0 Å². The van der Waals surface area contributed by atoms with E-state index in [9.17, 15) is 8.42 Å². The third kappa shape index (κ3) is 5.89. The number of aliphatic imine (C=N–C) groups is 1. The normalized spacial score (nSPS) is 13.4. The van der Waals surface area contributed by atoms with Crippen molar-refractivity contribution >= 4 is 45.0 Å². The van der Waals surface area contributed by atoms with Gasteiger partial charge in [-0.1, -0.05) is 47.0 Å². The van der Waals surface area contributed by atoms with Gasteiger partial charge in [-0.05, 0) is 31.2 Å². The van der Waals surface area contributed by atoms with Crippen LogP contribution in [0.25, 0.3) is 0 Å². The van der Waals surface area contributed by atoms with Gasteiger partial charge in [0.2, 0.25) is 0 Å². The zero-order chi connectivity index (χ0) is 18.4. The van der Waals surface area contributed by atoms with Crippen molar-refractivity contribution in [2.24, 2.45) is 4.99 Å². The van der Waals surface area contributed by atoms with E-state index in [1.54, 1.807) is 30.3 Å². The average molecular weight is 402 g/mol. The molecule has 1 aliphatic rings. The number of rotatable bonds is 2. The lowest BCUT2D eigenvalue weighted by Crippen LogP contribution is -2.26. The van der Waals surface area contributed by atoms with Crippen LogP contribution in [0.3, 0.4) is 0 Å². The van der Waals surface area contributed by atoms with Crippen molar-refractivity contribution in [3.63, 3.8) is 0 Å². The van der Waals surface area contributed by atoms with Crippen molar-refractivity contribution in [3.8, 4) is 0 Å². The molecule has 0 aromatic heterocycles. The minimum absolute atomic E-state index is 0.0666. The highest BCUT2D eigenvalue weighted by Gasteiger charge is 2.10. The predicted octanol–water partition coefficient (Wildman–Crippen LogP) is 3.61. The summed E-state index contributed by atoms with van der Waals surface area (Å²) in [6.07, 6.45) is 0. The molecule has 2 aromatic rings. The van der Waals surface area contributed by atoms with Crippen LogP contribution in [0.5, 0.6) is 0 Å². The van der Waals surface area contributed by atoms with E-state index in [0.29, 0.717) is 15.7 Å². The fourth-order valence-corrected chi connectivity index (χ4v) is 2.90. The van der Waals surface area contributed by atoms with Gasteiger partial charge in [0.05, 0.1) is 27.2 Å². The first-order valence-electron chi connectivity index (χ1n) is 7.31. The topological polar surface area (TPSA) is 90.8 Å². The molecule has 9 heteroatoms. The van der Waals surface area contributed by atoms with Gasteiger partial charge in [0.25, 0.3) is 10.1 Å². The Kier molecular flexibility index (Phi) is 6.66. The summed E-state index contributed by atoms with van der Waals surface area (Å²) in [6.45, 7) is 3.47. The van der Waals surface area contributed by atoms with Crippen LogP contribution in [-0.2, 0) is 10.1 Å². The van der Waals surface area contributed by atoms with Crippen LogP contribution in [0.15, 0.2) is 52.4 Å². The smallest absolute Gasteiger partial charge is 0.294 e. The highest BCUT2D eigenvalue weighted by Crippen LogP contribution is 2.29. The van der Waals surface area contributed by atoms with E-state index in [1.807, 2.05) is 6.92 Å². The van der Waals surface area contributed by atoms with Crippen LogP contribution in [0.1, 0.15) is 5.56 Å². The quantitative estimate of drug-likeness (QED) is 0.668. The van der Waals surface area contributed by atoms with Crippen molar-refractivity contribution in [3.05, 3.63) is 58.1 Å². The lowest BCUT2D eigenvalue weighted by molar-refractivity contribution is 0.483. The number of para-hydroxylation sites is 1. The van der Waals surface area contributed by atoms with E-state index in [-0.39, 0.29) is 4.90 Å². The molecule has 0 amide bonds. The van der Waals surface area contributed by atoms with E-state index >= 15 is 0 Å². The summed E-state index contributed by atoms with van der Waals surface area (Å²) in [5.74, 6) is 0.722. The summed E-state index contributed by atoms with van der Waals surface area (Å²) in [6, 6.07) is 11.4. The molecule has 2 aromatic carbocycles. The van der Waals surface area contributed by atoms with E-state index in [0.717, 1.165) is 24.6 Å². The molecule has 6 nitrogen and oxygen atoms in total. The number of aryl methyl sites for hydroxylation is 1. The third-order valence-corrected chi connectivity index (χ3v) is 4.70. The van der Waals surface area contributed by atoms with Gasteiger partial charge in [0, 0.05) is 6.54 Å². The number of hydrogen-bond acceptors (Lipinski definition) is 5. The highest BCUT2D eigenvalue weighted by atomic mass is 35.5. The fraction of sp³-hybridized carbons (Fsp3) is 0.188. The van der Waals surface area contributed by atoms with Crippen molar-refractivity contribution < 1.29 is 13.0 Å². The first-order chi connectivity index (χ1) is 11.8. The summed E-state index contributed by atoms with van der Waals surface area (Å²) >= 11 is 12.0. The molecule has 25 heavy (non-hydrogen) atoms. The zero-order valence-corrected chi connectivity index (χ0v) is 15.7.